The predicted octanol–water partition coefficient (Wildman–Crippen LogP) is 1.43. The van der Waals surface area contributed by atoms with Crippen molar-refractivity contribution in [3.8, 4) is 5.75 Å². The zero-order valence-corrected chi connectivity index (χ0v) is 18.3. The van der Waals surface area contributed by atoms with E-state index in [2.05, 4.69) is 10.2 Å². The van der Waals surface area contributed by atoms with Crippen molar-refractivity contribution in [1.82, 2.24) is 19.4 Å². The summed E-state index contributed by atoms with van der Waals surface area (Å²) in [5.41, 5.74) is 0.111. The fourth-order valence-corrected chi connectivity index (χ4v) is 5.80. The lowest BCUT2D eigenvalue weighted by molar-refractivity contribution is 0.0275. The Kier molecular flexibility index (Phi) is 6.22. The van der Waals surface area contributed by atoms with Gasteiger partial charge in [-0.25, -0.2) is 8.42 Å². The fraction of sp³-hybridized carbons (Fsp3) is 0.476. The highest BCUT2D eigenvalue weighted by Crippen LogP contribution is 2.39. The third-order valence-electron chi connectivity index (χ3n) is 6.00. The van der Waals surface area contributed by atoms with Crippen LogP contribution in [0.4, 0.5) is 0 Å². The molecule has 0 N–H and O–H groups in total. The van der Waals surface area contributed by atoms with Crippen molar-refractivity contribution in [1.29, 1.82) is 0 Å². The molecule has 0 atom stereocenters. The van der Waals surface area contributed by atoms with E-state index in [0.29, 0.717) is 57.0 Å². The van der Waals surface area contributed by atoms with Crippen molar-refractivity contribution in [2.45, 2.75) is 17.7 Å². The Bertz CT molecular complexity index is 1020. The second kappa shape index (κ2) is 8.89. The van der Waals surface area contributed by atoms with E-state index in [1.54, 1.807) is 42.3 Å². The van der Waals surface area contributed by atoms with Gasteiger partial charge in [0, 0.05) is 38.7 Å². The van der Waals surface area contributed by atoms with E-state index in [4.69, 9.17) is 9.47 Å². The normalized spacial score (nSPS) is 20.4. The fourth-order valence-electron chi connectivity index (χ4n) is 4.14. The number of likely N-dealkylation sites (tertiary alicyclic amines) is 1. The molecule has 0 radical (unpaired) electrons. The Hall–Kier alpha value is -2.56. The Labute approximate surface area is 182 Å². The second-order valence-corrected chi connectivity index (χ2v) is 9.90. The Morgan fingerprint density at radius 3 is 2.68 bits per heavy atom. The van der Waals surface area contributed by atoms with Crippen molar-refractivity contribution < 1.29 is 22.7 Å². The van der Waals surface area contributed by atoms with Gasteiger partial charge in [-0.05, 0) is 31.0 Å². The molecule has 1 amide bonds. The lowest BCUT2D eigenvalue weighted by atomic mass is 9.78. The number of fused-ring (bicyclic) bond motifs is 1. The number of aromatic nitrogens is 2. The Morgan fingerprint density at radius 1 is 1.19 bits per heavy atom. The van der Waals surface area contributed by atoms with Crippen LogP contribution in [-0.2, 0) is 14.8 Å². The lowest BCUT2D eigenvalue weighted by Crippen LogP contribution is -2.53. The van der Waals surface area contributed by atoms with Crippen molar-refractivity contribution >= 4 is 15.9 Å². The minimum Gasteiger partial charge on any atom is -0.492 e. The van der Waals surface area contributed by atoms with Crippen LogP contribution in [0.15, 0.2) is 47.6 Å². The molecule has 10 heteroatoms. The maximum absolute atomic E-state index is 13.4. The average Bonchev–Trinajstić information content (AvgIpc) is 2.80. The summed E-state index contributed by atoms with van der Waals surface area (Å²) in [7, 11) is -2.17. The molecule has 2 aromatic rings. The van der Waals surface area contributed by atoms with Gasteiger partial charge in [-0.15, -0.1) is 0 Å². The van der Waals surface area contributed by atoms with Gasteiger partial charge >= 0.3 is 0 Å². The summed E-state index contributed by atoms with van der Waals surface area (Å²) in [6.45, 7) is 2.32. The van der Waals surface area contributed by atoms with Crippen molar-refractivity contribution in [2.24, 2.45) is 5.41 Å². The highest BCUT2D eigenvalue weighted by molar-refractivity contribution is 7.89. The van der Waals surface area contributed by atoms with Crippen LogP contribution in [0.5, 0.6) is 5.75 Å². The third kappa shape index (κ3) is 4.41. The lowest BCUT2D eigenvalue weighted by Gasteiger charge is -2.45. The molecule has 0 saturated carbocycles. The van der Waals surface area contributed by atoms with E-state index >= 15 is 0 Å². The largest absolute Gasteiger partial charge is 0.492 e. The number of benzene rings is 1. The van der Waals surface area contributed by atoms with Crippen LogP contribution < -0.4 is 4.74 Å². The van der Waals surface area contributed by atoms with Gasteiger partial charge < -0.3 is 14.4 Å². The number of hydrogen-bond acceptors (Lipinski definition) is 7. The van der Waals surface area contributed by atoms with Gasteiger partial charge in [-0.3, -0.25) is 4.79 Å². The first-order valence-corrected chi connectivity index (χ1v) is 11.7. The van der Waals surface area contributed by atoms with Crippen LogP contribution in [0.3, 0.4) is 0 Å². The van der Waals surface area contributed by atoms with E-state index in [-0.39, 0.29) is 22.8 Å². The Balaban J connectivity index is 1.57. The minimum atomic E-state index is -3.73. The van der Waals surface area contributed by atoms with Gasteiger partial charge in [0.25, 0.3) is 5.91 Å². The summed E-state index contributed by atoms with van der Waals surface area (Å²) in [5.74, 6) is 0.274. The van der Waals surface area contributed by atoms with Crippen LogP contribution in [-0.4, -0.2) is 80.2 Å². The number of carbonyl (C=O) groups is 1. The smallest absolute Gasteiger partial charge is 0.255 e. The minimum absolute atomic E-state index is 0.0919. The molecule has 2 aliphatic rings. The molecule has 2 aliphatic heterocycles. The van der Waals surface area contributed by atoms with Gasteiger partial charge in [0.1, 0.15) is 10.6 Å². The standard InChI is InChI=1S/C21H26N4O5S/c1-29-13-12-25-15-21(16-30-18-4-2-3-5-19(18)31(25,27)28)7-10-24(11-8-21)20(26)17-6-9-22-23-14-17/h2-6,9,14H,7-8,10-13,15-16H2,1H3. The van der Waals surface area contributed by atoms with Gasteiger partial charge in [0.05, 0.1) is 31.2 Å². The predicted molar refractivity (Wildman–Crippen MR) is 112 cm³/mol. The first-order chi connectivity index (χ1) is 15.0. The first-order valence-electron chi connectivity index (χ1n) is 10.2. The summed E-state index contributed by atoms with van der Waals surface area (Å²) in [4.78, 5) is 14.7. The molecular weight excluding hydrogens is 420 g/mol. The summed E-state index contributed by atoms with van der Waals surface area (Å²) in [5, 5.41) is 7.50. The molecule has 0 unspecified atom stereocenters. The number of rotatable bonds is 4. The molecule has 0 bridgehead atoms. The van der Waals surface area contributed by atoms with Gasteiger partial charge in [0.15, 0.2) is 0 Å². The van der Waals surface area contributed by atoms with Crippen LogP contribution in [0.1, 0.15) is 23.2 Å². The topological polar surface area (TPSA) is 102 Å². The van der Waals surface area contributed by atoms with Crippen LogP contribution >= 0.6 is 0 Å². The number of para-hydroxylation sites is 1. The van der Waals surface area contributed by atoms with E-state index in [1.807, 2.05) is 0 Å². The van der Waals surface area contributed by atoms with Crippen molar-refractivity contribution in [3.63, 3.8) is 0 Å². The molecule has 1 aromatic carbocycles. The van der Waals surface area contributed by atoms with Crippen LogP contribution in [0.25, 0.3) is 0 Å². The monoisotopic (exact) mass is 446 g/mol. The summed E-state index contributed by atoms with van der Waals surface area (Å²) >= 11 is 0. The number of sulfonamides is 1. The molecule has 1 spiro atoms. The molecule has 31 heavy (non-hydrogen) atoms. The maximum atomic E-state index is 13.4. The molecule has 1 saturated heterocycles. The molecule has 166 valence electrons. The molecule has 1 fully saturated rings. The quantitative estimate of drug-likeness (QED) is 0.700. The summed E-state index contributed by atoms with van der Waals surface area (Å²) in [6.07, 6.45) is 4.23. The number of amides is 1. The van der Waals surface area contributed by atoms with E-state index in [9.17, 15) is 13.2 Å². The molecule has 9 nitrogen and oxygen atoms in total. The van der Waals surface area contributed by atoms with Crippen LogP contribution in [0.2, 0.25) is 0 Å². The Morgan fingerprint density at radius 2 is 1.97 bits per heavy atom. The molecule has 1 aromatic heterocycles. The van der Waals surface area contributed by atoms with Crippen molar-refractivity contribution in [3.05, 3.63) is 48.3 Å². The first kappa shape index (κ1) is 21.7. The van der Waals surface area contributed by atoms with Gasteiger partial charge in [-0.2, -0.15) is 14.5 Å². The van der Waals surface area contributed by atoms with E-state index in [1.165, 1.54) is 16.7 Å². The highest BCUT2D eigenvalue weighted by Gasteiger charge is 2.43. The number of carbonyl (C=O) groups excluding carboxylic acids is 1. The summed E-state index contributed by atoms with van der Waals surface area (Å²) < 4.78 is 39.5. The van der Waals surface area contributed by atoms with Crippen molar-refractivity contribution in [2.75, 3.05) is 46.5 Å². The summed E-state index contributed by atoms with van der Waals surface area (Å²) in [6, 6.07) is 8.38. The van der Waals surface area contributed by atoms with Gasteiger partial charge in [-0.1, -0.05) is 12.1 Å². The van der Waals surface area contributed by atoms with E-state index in [0.717, 1.165) is 0 Å². The number of piperidine rings is 1. The number of hydrogen-bond donors (Lipinski definition) is 0. The zero-order chi connectivity index (χ0) is 21.9. The number of nitrogens with zero attached hydrogens (tertiary/aromatic N) is 4. The maximum Gasteiger partial charge on any atom is 0.255 e. The SMILES string of the molecule is COCCN1CC2(CCN(C(=O)c3ccnnc3)CC2)COc2ccccc2S1(=O)=O. The zero-order valence-electron chi connectivity index (χ0n) is 17.4. The third-order valence-corrected chi connectivity index (χ3v) is 7.88. The highest BCUT2D eigenvalue weighted by atomic mass is 32.2. The van der Waals surface area contributed by atoms with Crippen LogP contribution in [0, 0.1) is 5.41 Å². The molecule has 4 rings (SSSR count). The van der Waals surface area contributed by atoms with E-state index < -0.39 is 10.0 Å². The molecule has 0 aliphatic carbocycles. The number of methoxy groups -OCH3 is 1. The number of ether oxygens (including phenoxy) is 2. The van der Waals surface area contributed by atoms with Gasteiger partial charge in [0.2, 0.25) is 10.0 Å². The molecule has 3 heterocycles. The average molecular weight is 447 g/mol. The second-order valence-electron chi connectivity index (χ2n) is 7.99. The molecular formula is C21H26N4O5S.